The minimum absolute atomic E-state index is 0.0287. The first-order chi connectivity index (χ1) is 13.5. The Morgan fingerprint density at radius 1 is 1.04 bits per heavy atom. The molecule has 0 aliphatic heterocycles. The van der Waals surface area contributed by atoms with Crippen LogP contribution in [0.15, 0.2) is 30.3 Å². The minimum Gasteiger partial charge on any atom is -0.353 e. The fraction of sp³-hybridized carbons (Fsp3) is 0.708. The van der Waals surface area contributed by atoms with E-state index < -0.39 is 0 Å². The third-order valence-corrected chi connectivity index (χ3v) is 8.44. The smallest absolute Gasteiger partial charge is 0.226 e. The fourth-order valence-electron chi connectivity index (χ4n) is 7.76. The third kappa shape index (κ3) is 2.91. The zero-order valence-corrected chi connectivity index (χ0v) is 16.8. The maximum absolute atomic E-state index is 14.4. The van der Waals surface area contributed by atoms with E-state index in [1.54, 1.807) is 0 Å². The second-order valence-electron chi connectivity index (χ2n) is 10.7. The van der Waals surface area contributed by atoms with Crippen LogP contribution in [0.3, 0.4) is 0 Å². The van der Waals surface area contributed by atoms with Gasteiger partial charge >= 0.3 is 0 Å². The van der Waals surface area contributed by atoms with E-state index >= 15 is 0 Å². The van der Waals surface area contributed by atoms with Crippen LogP contribution in [0.2, 0.25) is 0 Å². The first-order valence-electron chi connectivity index (χ1n) is 11.1. The van der Waals surface area contributed by atoms with Gasteiger partial charge in [0, 0.05) is 17.5 Å². The van der Waals surface area contributed by atoms with E-state index in [0.717, 1.165) is 64.2 Å². The molecule has 5 aliphatic rings. The van der Waals surface area contributed by atoms with Crippen molar-refractivity contribution in [2.75, 3.05) is 6.67 Å². The highest BCUT2D eigenvalue weighted by atomic mass is 19.1. The Kier molecular flexibility index (Phi) is 4.35. The zero-order valence-electron chi connectivity index (χ0n) is 16.8. The molecule has 1 aromatic carbocycles. The van der Waals surface area contributed by atoms with Crippen LogP contribution in [0.5, 0.6) is 0 Å². The van der Waals surface area contributed by atoms with Gasteiger partial charge in [0.05, 0.1) is 12.1 Å². The Bertz CT molecular complexity index is 746. The van der Waals surface area contributed by atoms with Crippen LogP contribution in [0.25, 0.3) is 0 Å². The van der Waals surface area contributed by atoms with Crippen LogP contribution < -0.4 is 11.1 Å². The van der Waals surface area contributed by atoms with Crippen molar-refractivity contribution in [2.24, 2.45) is 22.5 Å². The highest BCUT2D eigenvalue weighted by molar-refractivity contribution is 5.84. The van der Waals surface area contributed by atoms with E-state index in [4.69, 9.17) is 5.73 Å². The summed E-state index contributed by atoms with van der Waals surface area (Å²) in [6.45, 7) is -0.286. The Labute approximate surface area is 167 Å². The summed E-state index contributed by atoms with van der Waals surface area (Å²) in [4.78, 5) is 13.6. The van der Waals surface area contributed by atoms with E-state index in [1.807, 2.05) is 6.07 Å². The maximum Gasteiger partial charge on any atom is 0.226 e. The summed E-state index contributed by atoms with van der Waals surface area (Å²) < 4.78 is 14.4. The molecule has 0 heterocycles. The van der Waals surface area contributed by atoms with Crippen molar-refractivity contribution in [1.29, 1.82) is 0 Å². The van der Waals surface area contributed by atoms with Gasteiger partial charge in [-0.15, -0.1) is 0 Å². The molecule has 0 radical (unpaired) electrons. The molecule has 0 aromatic heterocycles. The summed E-state index contributed by atoms with van der Waals surface area (Å²) in [6, 6.07) is 11.2. The Morgan fingerprint density at radius 3 is 2.50 bits per heavy atom. The lowest BCUT2D eigenvalue weighted by Crippen LogP contribution is -2.64. The van der Waals surface area contributed by atoms with Gasteiger partial charge in [-0.1, -0.05) is 30.3 Å². The number of alkyl halides is 1. The average Bonchev–Trinajstić information content (AvgIpc) is 2.69. The molecule has 3 N–H and O–H groups in total. The van der Waals surface area contributed by atoms with E-state index in [2.05, 4.69) is 29.6 Å². The number of carbonyl (C=O) groups is 1. The van der Waals surface area contributed by atoms with E-state index in [0.29, 0.717) is 5.92 Å². The molecule has 5 aliphatic carbocycles. The molecule has 0 spiro atoms. The van der Waals surface area contributed by atoms with Crippen molar-refractivity contribution in [3.63, 3.8) is 0 Å². The summed E-state index contributed by atoms with van der Waals surface area (Å²) in [5.74, 6) is 0.674. The SMILES string of the molecule is N[C@H]1CC[C@H](NC(=O)C23C[C@@H]4CC(CF)(C2)CC(c2ccccc2)(C4)C3)CC1. The molecule has 4 bridgehead atoms. The van der Waals surface area contributed by atoms with Crippen LogP contribution in [-0.2, 0) is 10.2 Å². The van der Waals surface area contributed by atoms with Crippen LogP contribution >= 0.6 is 0 Å². The molecule has 5 fully saturated rings. The first kappa shape index (κ1) is 18.6. The topological polar surface area (TPSA) is 55.1 Å². The minimum atomic E-state index is -0.388. The molecule has 28 heavy (non-hydrogen) atoms. The molecule has 1 aromatic rings. The normalized spacial score (nSPS) is 44.4. The third-order valence-electron chi connectivity index (χ3n) is 8.44. The number of amides is 1. The maximum atomic E-state index is 14.4. The Morgan fingerprint density at radius 2 is 1.79 bits per heavy atom. The van der Waals surface area contributed by atoms with Crippen LogP contribution in [0.4, 0.5) is 4.39 Å². The zero-order chi connectivity index (χ0) is 19.4. The second-order valence-corrected chi connectivity index (χ2v) is 10.7. The van der Waals surface area contributed by atoms with Crippen LogP contribution in [0, 0.1) is 16.7 Å². The molecule has 3 unspecified atom stereocenters. The molecular weight excluding hydrogens is 351 g/mol. The van der Waals surface area contributed by atoms with E-state index in [9.17, 15) is 9.18 Å². The van der Waals surface area contributed by atoms with Crippen molar-refractivity contribution in [3.8, 4) is 0 Å². The van der Waals surface area contributed by atoms with Gasteiger partial charge in [-0.2, -0.15) is 0 Å². The molecular formula is C24H33FN2O. The number of nitrogens with one attached hydrogen (secondary N) is 1. The molecule has 4 atom stereocenters. The first-order valence-corrected chi connectivity index (χ1v) is 11.1. The second kappa shape index (κ2) is 6.55. The highest BCUT2D eigenvalue weighted by Gasteiger charge is 2.66. The van der Waals surface area contributed by atoms with E-state index in [-0.39, 0.29) is 40.9 Å². The molecule has 5 saturated carbocycles. The summed E-state index contributed by atoms with van der Waals surface area (Å²) in [7, 11) is 0. The summed E-state index contributed by atoms with van der Waals surface area (Å²) >= 11 is 0. The lowest BCUT2D eigenvalue weighted by Gasteiger charge is -2.65. The number of hydrogen-bond acceptors (Lipinski definition) is 2. The number of halogens is 1. The summed E-state index contributed by atoms with van der Waals surface area (Å²) in [6.07, 6.45) is 9.49. The van der Waals surface area contributed by atoms with Gasteiger partial charge in [-0.05, 0) is 81.1 Å². The molecule has 152 valence electrons. The van der Waals surface area contributed by atoms with Gasteiger partial charge in [0.15, 0.2) is 0 Å². The van der Waals surface area contributed by atoms with Gasteiger partial charge in [-0.3, -0.25) is 9.18 Å². The van der Waals surface area contributed by atoms with Gasteiger partial charge in [0.25, 0.3) is 0 Å². The average molecular weight is 385 g/mol. The number of carbonyl (C=O) groups excluding carboxylic acids is 1. The lowest BCUT2D eigenvalue weighted by atomic mass is 9.38. The summed E-state index contributed by atoms with van der Waals surface area (Å²) in [5.41, 5.74) is 6.63. The predicted octanol–water partition coefficient (Wildman–Crippen LogP) is 4.25. The van der Waals surface area contributed by atoms with Crippen LogP contribution in [0.1, 0.15) is 69.8 Å². The van der Waals surface area contributed by atoms with Gasteiger partial charge in [0.1, 0.15) is 0 Å². The van der Waals surface area contributed by atoms with Gasteiger partial charge < -0.3 is 11.1 Å². The Balaban J connectivity index is 1.45. The van der Waals surface area contributed by atoms with Crippen molar-refractivity contribution in [2.45, 2.75) is 81.7 Å². The van der Waals surface area contributed by atoms with Crippen molar-refractivity contribution < 1.29 is 9.18 Å². The number of rotatable bonds is 4. The number of hydrogen-bond donors (Lipinski definition) is 2. The number of nitrogens with two attached hydrogens (primary N) is 1. The summed E-state index contributed by atoms with van der Waals surface area (Å²) in [5, 5.41) is 3.39. The van der Waals surface area contributed by atoms with Gasteiger partial charge in [-0.25, -0.2) is 0 Å². The highest BCUT2D eigenvalue weighted by Crippen LogP contribution is 2.70. The molecule has 1 amide bonds. The fourth-order valence-corrected chi connectivity index (χ4v) is 7.76. The molecule has 4 heteroatoms. The van der Waals surface area contributed by atoms with Gasteiger partial charge in [0.2, 0.25) is 5.91 Å². The quantitative estimate of drug-likeness (QED) is 0.815. The Hall–Kier alpha value is -1.42. The van der Waals surface area contributed by atoms with Crippen molar-refractivity contribution >= 4 is 5.91 Å². The monoisotopic (exact) mass is 384 g/mol. The van der Waals surface area contributed by atoms with Crippen LogP contribution in [-0.4, -0.2) is 24.7 Å². The molecule has 6 rings (SSSR count). The molecule has 3 nitrogen and oxygen atoms in total. The van der Waals surface area contributed by atoms with Crippen molar-refractivity contribution in [3.05, 3.63) is 35.9 Å². The predicted molar refractivity (Wildman–Crippen MR) is 109 cm³/mol. The lowest BCUT2D eigenvalue weighted by molar-refractivity contribution is -0.166. The molecule has 0 saturated heterocycles. The largest absolute Gasteiger partial charge is 0.353 e. The van der Waals surface area contributed by atoms with Crippen molar-refractivity contribution in [1.82, 2.24) is 5.32 Å². The standard InChI is InChI=1S/C24H33FN2O/c25-16-22-10-17-11-23(13-22,18-4-2-1-3-5-18)15-24(12-17,14-22)21(28)27-20-8-6-19(26)7-9-20/h1-5,17,19-20H,6-16,26H2,(H,27,28)/t17-,19-,20-,22?,23?,24?/m1/s1. The van der Waals surface area contributed by atoms with E-state index in [1.165, 1.54) is 5.56 Å². The number of benzene rings is 1.